The van der Waals surface area contributed by atoms with Crippen LogP contribution in [0.5, 0.6) is 5.75 Å². The number of aryl methyl sites for hydroxylation is 2. The number of rotatable bonds is 5. The zero-order valence-corrected chi connectivity index (χ0v) is 15.2. The van der Waals surface area contributed by atoms with Crippen molar-refractivity contribution in [3.05, 3.63) is 76.6 Å². The smallest absolute Gasteiger partial charge is 0.206 e. The average molecular weight is 361 g/mol. The first-order chi connectivity index (χ1) is 13.1. The summed E-state index contributed by atoms with van der Waals surface area (Å²) in [6, 6.07) is 9.24. The second-order valence-electron chi connectivity index (χ2n) is 6.23. The van der Waals surface area contributed by atoms with Crippen molar-refractivity contribution in [3.63, 3.8) is 0 Å². The minimum Gasteiger partial charge on any atom is -0.487 e. The molecule has 0 bridgehead atoms. The summed E-state index contributed by atoms with van der Waals surface area (Å²) in [5.41, 5.74) is 3.10. The van der Waals surface area contributed by atoms with Gasteiger partial charge in [0.15, 0.2) is 0 Å². The summed E-state index contributed by atoms with van der Waals surface area (Å²) in [6.07, 6.45) is 7.86. The Morgan fingerprint density at radius 3 is 2.85 bits per heavy atom. The Morgan fingerprint density at radius 2 is 2.07 bits per heavy atom. The van der Waals surface area contributed by atoms with E-state index in [0.717, 1.165) is 23.0 Å². The molecule has 7 nitrogen and oxygen atoms in total. The highest BCUT2D eigenvalue weighted by Crippen LogP contribution is 2.23. The van der Waals surface area contributed by atoms with Crippen LogP contribution in [0.2, 0.25) is 0 Å². The summed E-state index contributed by atoms with van der Waals surface area (Å²) < 4.78 is 9.15. The molecule has 3 heterocycles. The van der Waals surface area contributed by atoms with Gasteiger partial charge < -0.3 is 4.74 Å². The Morgan fingerprint density at radius 1 is 1.19 bits per heavy atom. The van der Waals surface area contributed by atoms with Crippen LogP contribution in [-0.2, 0) is 20.1 Å². The molecule has 0 unspecified atom stereocenters. The van der Waals surface area contributed by atoms with E-state index in [1.54, 1.807) is 21.8 Å². The number of pyridine rings is 1. The fraction of sp³-hybridized carbons (Fsp3) is 0.200. The molecule has 0 fully saturated rings. The number of hydrogen-bond acceptors (Lipinski definition) is 5. The topological polar surface area (TPSA) is 74.8 Å². The molecule has 0 amide bonds. The molecular formula is C20H19N5O2. The van der Waals surface area contributed by atoms with Crippen molar-refractivity contribution < 1.29 is 4.74 Å². The van der Waals surface area contributed by atoms with Crippen molar-refractivity contribution in [2.24, 2.45) is 7.05 Å². The van der Waals surface area contributed by atoms with Gasteiger partial charge in [-0.05, 0) is 36.2 Å². The van der Waals surface area contributed by atoms with E-state index >= 15 is 0 Å². The molecule has 0 aliphatic carbocycles. The van der Waals surface area contributed by atoms with Crippen LogP contribution in [0.1, 0.15) is 18.2 Å². The van der Waals surface area contributed by atoms with E-state index in [9.17, 15) is 4.79 Å². The van der Waals surface area contributed by atoms with Crippen LogP contribution in [0.3, 0.4) is 0 Å². The maximum atomic E-state index is 12.2. The predicted octanol–water partition coefficient (Wildman–Crippen LogP) is 2.66. The van der Waals surface area contributed by atoms with Crippen LogP contribution in [-0.4, -0.2) is 24.5 Å². The van der Waals surface area contributed by atoms with Crippen LogP contribution in [0.25, 0.3) is 16.6 Å². The third kappa shape index (κ3) is 3.44. The summed E-state index contributed by atoms with van der Waals surface area (Å²) in [5, 5.41) is 9.57. The standard InChI is InChI=1S/C20H19N5O2/c1-3-14-6-8-21-18-5-4-16(10-17(14)18)27-13-19-20(26)7-9-25(23-19)15-11-22-24(2)12-15/h4-12H,3,13H2,1-2H3. The largest absolute Gasteiger partial charge is 0.487 e. The van der Waals surface area contributed by atoms with E-state index in [1.807, 2.05) is 43.7 Å². The van der Waals surface area contributed by atoms with E-state index in [4.69, 9.17) is 4.74 Å². The Kier molecular flexibility index (Phi) is 4.42. The van der Waals surface area contributed by atoms with Crippen LogP contribution in [0.15, 0.2) is 59.9 Å². The van der Waals surface area contributed by atoms with Gasteiger partial charge in [0.05, 0.1) is 17.9 Å². The maximum Gasteiger partial charge on any atom is 0.206 e. The second-order valence-corrected chi connectivity index (χ2v) is 6.23. The number of hydrogen-bond donors (Lipinski definition) is 0. The lowest BCUT2D eigenvalue weighted by Gasteiger charge is -2.09. The molecular weight excluding hydrogens is 342 g/mol. The van der Waals surface area contributed by atoms with Crippen LogP contribution in [0, 0.1) is 0 Å². The van der Waals surface area contributed by atoms with E-state index in [1.165, 1.54) is 11.6 Å². The first-order valence-electron chi connectivity index (χ1n) is 8.72. The summed E-state index contributed by atoms with van der Waals surface area (Å²) in [7, 11) is 1.83. The zero-order chi connectivity index (χ0) is 18.8. The molecule has 136 valence electrons. The molecule has 0 saturated carbocycles. The molecule has 4 aromatic rings. The van der Waals surface area contributed by atoms with Crippen molar-refractivity contribution >= 4 is 10.9 Å². The molecule has 0 spiro atoms. The Hall–Kier alpha value is -3.48. The summed E-state index contributed by atoms with van der Waals surface area (Å²) in [4.78, 5) is 16.5. The number of nitrogens with zero attached hydrogens (tertiary/aromatic N) is 5. The molecule has 0 radical (unpaired) electrons. The molecule has 1 aromatic carbocycles. The lowest BCUT2D eigenvalue weighted by molar-refractivity contribution is 0.298. The SMILES string of the molecule is CCc1ccnc2ccc(OCc3nn(-c4cnn(C)c4)ccc3=O)cc12. The van der Waals surface area contributed by atoms with Gasteiger partial charge in [-0.25, -0.2) is 4.68 Å². The average Bonchev–Trinajstić information content (AvgIpc) is 3.13. The van der Waals surface area contributed by atoms with Gasteiger partial charge in [-0.3, -0.25) is 14.5 Å². The van der Waals surface area contributed by atoms with Crippen molar-refractivity contribution in [2.75, 3.05) is 0 Å². The van der Waals surface area contributed by atoms with Crippen LogP contribution < -0.4 is 10.2 Å². The minimum atomic E-state index is -0.160. The van der Waals surface area contributed by atoms with Gasteiger partial charge in [-0.15, -0.1) is 0 Å². The Bertz CT molecular complexity index is 1160. The number of aromatic nitrogens is 5. The third-order valence-corrected chi connectivity index (χ3v) is 4.40. The fourth-order valence-electron chi connectivity index (χ4n) is 2.95. The quantitative estimate of drug-likeness (QED) is 0.546. The molecule has 7 heteroatoms. The molecule has 0 atom stereocenters. The fourth-order valence-corrected chi connectivity index (χ4v) is 2.95. The van der Waals surface area contributed by atoms with E-state index < -0.39 is 0 Å². The third-order valence-electron chi connectivity index (χ3n) is 4.40. The molecule has 0 aliphatic heterocycles. The van der Waals surface area contributed by atoms with E-state index in [0.29, 0.717) is 11.4 Å². The summed E-state index contributed by atoms with van der Waals surface area (Å²) in [5.74, 6) is 0.684. The van der Waals surface area contributed by atoms with Crippen molar-refractivity contribution in [3.8, 4) is 11.4 Å². The molecule has 0 aliphatic rings. The second kappa shape index (κ2) is 7.03. The number of ether oxygens (including phenoxy) is 1. The lowest BCUT2D eigenvalue weighted by atomic mass is 10.1. The lowest BCUT2D eigenvalue weighted by Crippen LogP contribution is -2.17. The van der Waals surface area contributed by atoms with E-state index in [2.05, 4.69) is 22.1 Å². The van der Waals surface area contributed by atoms with Gasteiger partial charge in [0, 0.05) is 30.9 Å². The van der Waals surface area contributed by atoms with Gasteiger partial charge in [-0.1, -0.05) is 6.92 Å². The minimum absolute atomic E-state index is 0.0904. The summed E-state index contributed by atoms with van der Waals surface area (Å²) in [6.45, 7) is 2.20. The highest BCUT2D eigenvalue weighted by Gasteiger charge is 2.08. The van der Waals surface area contributed by atoms with Crippen LogP contribution in [0.4, 0.5) is 0 Å². The Labute approximate surface area is 155 Å². The molecule has 3 aromatic heterocycles. The van der Waals surface area contributed by atoms with Gasteiger partial charge in [-0.2, -0.15) is 10.2 Å². The zero-order valence-electron chi connectivity index (χ0n) is 15.2. The Balaban J connectivity index is 1.60. The van der Waals surface area contributed by atoms with Gasteiger partial charge in [0.25, 0.3) is 0 Å². The summed E-state index contributed by atoms with van der Waals surface area (Å²) >= 11 is 0. The van der Waals surface area contributed by atoms with Crippen molar-refractivity contribution in [2.45, 2.75) is 20.0 Å². The van der Waals surface area contributed by atoms with Crippen molar-refractivity contribution in [1.82, 2.24) is 24.5 Å². The highest BCUT2D eigenvalue weighted by molar-refractivity contribution is 5.83. The number of benzene rings is 1. The van der Waals surface area contributed by atoms with Gasteiger partial charge in [0.1, 0.15) is 23.7 Å². The normalized spacial score (nSPS) is 11.0. The van der Waals surface area contributed by atoms with Crippen LogP contribution >= 0.6 is 0 Å². The van der Waals surface area contributed by atoms with E-state index in [-0.39, 0.29) is 12.0 Å². The molecule has 0 saturated heterocycles. The van der Waals surface area contributed by atoms with Crippen molar-refractivity contribution in [1.29, 1.82) is 0 Å². The molecule has 4 rings (SSSR count). The number of fused-ring (bicyclic) bond motifs is 1. The predicted molar refractivity (Wildman–Crippen MR) is 102 cm³/mol. The molecule has 0 N–H and O–H groups in total. The monoisotopic (exact) mass is 361 g/mol. The maximum absolute atomic E-state index is 12.2. The first-order valence-corrected chi connectivity index (χ1v) is 8.72. The first kappa shape index (κ1) is 17.0. The van der Waals surface area contributed by atoms with Gasteiger partial charge in [0.2, 0.25) is 5.43 Å². The highest BCUT2D eigenvalue weighted by atomic mass is 16.5. The van der Waals surface area contributed by atoms with Gasteiger partial charge >= 0.3 is 0 Å². The molecule has 27 heavy (non-hydrogen) atoms.